The van der Waals surface area contributed by atoms with Crippen molar-refractivity contribution < 1.29 is 28.7 Å². The minimum Gasteiger partial charge on any atom is -0.468 e. The topological polar surface area (TPSA) is 102 Å². The maximum absolute atomic E-state index is 13.3. The van der Waals surface area contributed by atoms with E-state index in [0.29, 0.717) is 10.6 Å². The molecule has 1 N–H and O–H groups in total. The zero-order valence-electron chi connectivity index (χ0n) is 16.8. The Hall–Kier alpha value is -3.23. The van der Waals surface area contributed by atoms with Gasteiger partial charge in [0.15, 0.2) is 5.54 Å². The van der Waals surface area contributed by atoms with Gasteiger partial charge in [0.1, 0.15) is 6.04 Å². The molecule has 1 saturated heterocycles. The van der Waals surface area contributed by atoms with Crippen LogP contribution in [0.25, 0.3) is 0 Å². The van der Waals surface area contributed by atoms with Gasteiger partial charge in [-0.3, -0.25) is 24.6 Å². The molecule has 2 amide bonds. The van der Waals surface area contributed by atoms with E-state index in [0.717, 1.165) is 4.90 Å². The Morgan fingerprint density at radius 3 is 2.10 bits per heavy atom. The van der Waals surface area contributed by atoms with Gasteiger partial charge in [-0.25, -0.2) is 4.79 Å². The summed E-state index contributed by atoms with van der Waals surface area (Å²) in [6, 6.07) is 11.0. The number of ether oxygens (including phenoxy) is 2. The van der Waals surface area contributed by atoms with Gasteiger partial charge in [-0.1, -0.05) is 35.9 Å². The van der Waals surface area contributed by atoms with Gasteiger partial charge in [-0.05, 0) is 29.8 Å². The molecular weight excluding hydrogens is 424 g/mol. The molecule has 0 aliphatic carbocycles. The number of rotatable bonds is 4. The fourth-order valence-corrected chi connectivity index (χ4v) is 4.52. The summed E-state index contributed by atoms with van der Waals surface area (Å²) in [4.78, 5) is 53.3. The Morgan fingerprint density at radius 1 is 1.00 bits per heavy atom. The first-order valence-corrected chi connectivity index (χ1v) is 9.88. The molecule has 0 aromatic heterocycles. The standard InChI is InChI=1S/C22H19ClN2O6/c1-30-20(28)16-11-22(21(29)31-2,17(24-16)12-7-9-13(23)10-8-12)25-18(26)14-5-3-4-6-15(14)19(25)27/h3-10,16-17,24H,11H2,1-2H3/t16-,17-,22+/m1/s1. The zero-order chi connectivity index (χ0) is 22.3. The van der Waals surface area contributed by atoms with Crippen molar-refractivity contribution in [1.29, 1.82) is 0 Å². The first-order valence-electron chi connectivity index (χ1n) is 9.50. The minimum atomic E-state index is -1.81. The number of carbonyl (C=O) groups excluding carboxylic acids is 4. The molecule has 1 fully saturated rings. The van der Waals surface area contributed by atoms with Crippen LogP contribution < -0.4 is 5.32 Å². The molecule has 2 aliphatic heterocycles. The van der Waals surface area contributed by atoms with Crippen LogP contribution in [0.1, 0.15) is 38.7 Å². The van der Waals surface area contributed by atoms with E-state index in [9.17, 15) is 19.2 Å². The van der Waals surface area contributed by atoms with Gasteiger partial charge >= 0.3 is 11.9 Å². The van der Waals surface area contributed by atoms with Crippen LogP contribution in [0.4, 0.5) is 0 Å². The van der Waals surface area contributed by atoms with Crippen molar-refractivity contribution in [3.63, 3.8) is 0 Å². The number of imide groups is 1. The third-order valence-corrected chi connectivity index (χ3v) is 6.03. The summed E-state index contributed by atoms with van der Waals surface area (Å²) in [5, 5.41) is 3.53. The van der Waals surface area contributed by atoms with Crippen molar-refractivity contribution in [1.82, 2.24) is 10.2 Å². The lowest BCUT2D eigenvalue weighted by Gasteiger charge is -2.38. The van der Waals surface area contributed by atoms with Crippen LogP contribution >= 0.6 is 11.6 Å². The summed E-state index contributed by atoms with van der Waals surface area (Å²) in [7, 11) is 2.40. The summed E-state index contributed by atoms with van der Waals surface area (Å²) < 4.78 is 9.94. The second kappa shape index (κ2) is 7.79. The Balaban J connectivity index is 1.91. The van der Waals surface area contributed by atoms with Gasteiger partial charge in [0.05, 0.1) is 31.4 Å². The van der Waals surface area contributed by atoms with Gasteiger partial charge in [-0.15, -0.1) is 0 Å². The van der Waals surface area contributed by atoms with Crippen LogP contribution in [0.5, 0.6) is 0 Å². The molecule has 0 spiro atoms. The first-order chi connectivity index (χ1) is 14.8. The molecule has 2 heterocycles. The fourth-order valence-electron chi connectivity index (χ4n) is 4.39. The van der Waals surface area contributed by atoms with E-state index >= 15 is 0 Å². The lowest BCUT2D eigenvalue weighted by atomic mass is 9.83. The van der Waals surface area contributed by atoms with Gasteiger partial charge in [0, 0.05) is 11.4 Å². The van der Waals surface area contributed by atoms with Crippen LogP contribution in [0.2, 0.25) is 5.02 Å². The first kappa shape index (κ1) is 21.0. The number of benzene rings is 2. The number of methoxy groups -OCH3 is 2. The summed E-state index contributed by atoms with van der Waals surface area (Å²) in [5.74, 6) is -2.70. The number of nitrogens with one attached hydrogen (secondary N) is 1. The quantitative estimate of drug-likeness (QED) is 0.571. The monoisotopic (exact) mass is 442 g/mol. The van der Waals surface area contributed by atoms with Crippen LogP contribution in [0.3, 0.4) is 0 Å². The van der Waals surface area contributed by atoms with Gasteiger partial charge in [0.2, 0.25) is 0 Å². The average Bonchev–Trinajstić information content (AvgIpc) is 3.30. The maximum Gasteiger partial charge on any atom is 0.334 e. The molecule has 9 heteroatoms. The molecule has 4 rings (SSSR count). The van der Waals surface area contributed by atoms with Crippen molar-refractivity contribution in [2.45, 2.75) is 24.0 Å². The average molecular weight is 443 g/mol. The molecule has 160 valence electrons. The van der Waals surface area contributed by atoms with E-state index in [1.54, 1.807) is 36.4 Å². The van der Waals surface area contributed by atoms with E-state index in [-0.39, 0.29) is 17.5 Å². The highest BCUT2D eigenvalue weighted by atomic mass is 35.5. The molecule has 2 aliphatic rings. The lowest BCUT2D eigenvalue weighted by Crippen LogP contribution is -2.60. The van der Waals surface area contributed by atoms with Crippen molar-refractivity contribution in [3.8, 4) is 0 Å². The number of hydrogen-bond donors (Lipinski definition) is 1. The largest absolute Gasteiger partial charge is 0.468 e. The van der Waals surface area contributed by atoms with Crippen molar-refractivity contribution in [2.24, 2.45) is 0 Å². The molecule has 31 heavy (non-hydrogen) atoms. The number of hydrogen-bond acceptors (Lipinski definition) is 7. The van der Waals surface area contributed by atoms with E-state index in [1.807, 2.05) is 0 Å². The molecule has 2 aromatic rings. The number of esters is 2. The summed E-state index contributed by atoms with van der Waals surface area (Å²) in [5.41, 5.74) is -0.883. The van der Waals surface area contributed by atoms with E-state index in [1.165, 1.54) is 26.4 Å². The Morgan fingerprint density at radius 2 is 1.58 bits per heavy atom. The Labute approximate surface area is 183 Å². The summed E-state index contributed by atoms with van der Waals surface area (Å²) in [6.07, 6.45) is -0.203. The number of fused-ring (bicyclic) bond motifs is 1. The number of nitrogens with zero attached hydrogens (tertiary/aromatic N) is 1. The molecule has 0 radical (unpaired) electrons. The number of amides is 2. The van der Waals surface area contributed by atoms with Gasteiger partial charge < -0.3 is 9.47 Å². The summed E-state index contributed by atoms with van der Waals surface area (Å²) >= 11 is 6.01. The molecule has 0 unspecified atom stereocenters. The second-order valence-electron chi connectivity index (χ2n) is 7.34. The Kier molecular flexibility index (Phi) is 5.28. The van der Waals surface area contributed by atoms with Crippen molar-refractivity contribution >= 4 is 35.4 Å². The normalized spacial score (nSPS) is 24.8. The van der Waals surface area contributed by atoms with Crippen molar-refractivity contribution in [2.75, 3.05) is 14.2 Å². The predicted octanol–water partition coefficient (Wildman–Crippen LogP) is 2.12. The highest BCUT2D eigenvalue weighted by Crippen LogP contribution is 2.46. The predicted molar refractivity (Wildman–Crippen MR) is 109 cm³/mol. The Bertz CT molecular complexity index is 1050. The maximum atomic E-state index is 13.3. The van der Waals surface area contributed by atoms with Crippen molar-refractivity contribution in [3.05, 3.63) is 70.2 Å². The molecule has 0 bridgehead atoms. The summed E-state index contributed by atoms with van der Waals surface area (Å²) in [6.45, 7) is 0. The van der Waals surface area contributed by atoms with E-state index in [4.69, 9.17) is 21.1 Å². The molecule has 0 saturated carbocycles. The third kappa shape index (κ3) is 3.10. The van der Waals surface area contributed by atoms with Gasteiger partial charge in [-0.2, -0.15) is 0 Å². The third-order valence-electron chi connectivity index (χ3n) is 5.78. The highest BCUT2D eigenvalue weighted by molar-refractivity contribution is 6.30. The second-order valence-corrected chi connectivity index (χ2v) is 7.77. The minimum absolute atomic E-state index is 0.187. The highest BCUT2D eigenvalue weighted by Gasteiger charge is 2.64. The molecule has 2 aromatic carbocycles. The SMILES string of the molecule is COC(=O)[C@H]1C[C@](C(=O)OC)(N2C(=O)c3ccccc3C2=O)[C@@H](c2ccc(Cl)cc2)N1. The number of carbonyl (C=O) groups is 4. The lowest BCUT2D eigenvalue weighted by molar-refractivity contribution is -0.153. The van der Waals surface area contributed by atoms with Crippen LogP contribution in [0.15, 0.2) is 48.5 Å². The van der Waals surface area contributed by atoms with Crippen LogP contribution in [0, 0.1) is 0 Å². The fraction of sp³-hybridized carbons (Fsp3) is 0.273. The van der Waals surface area contributed by atoms with Crippen LogP contribution in [-0.2, 0) is 19.1 Å². The molecular formula is C22H19ClN2O6. The van der Waals surface area contributed by atoms with Crippen LogP contribution in [-0.4, -0.2) is 54.5 Å². The smallest absolute Gasteiger partial charge is 0.334 e. The number of halogens is 1. The zero-order valence-corrected chi connectivity index (χ0v) is 17.5. The molecule has 8 nitrogen and oxygen atoms in total. The van der Waals surface area contributed by atoms with E-state index < -0.39 is 41.4 Å². The van der Waals surface area contributed by atoms with Gasteiger partial charge in [0.25, 0.3) is 11.8 Å². The molecule has 3 atom stereocenters. The van der Waals surface area contributed by atoms with E-state index in [2.05, 4.69) is 5.32 Å².